The van der Waals surface area contributed by atoms with Gasteiger partial charge in [-0.3, -0.25) is 14.4 Å². The Morgan fingerprint density at radius 3 is 1.42 bits per heavy atom. The molecule has 3 heterocycles. The van der Waals surface area contributed by atoms with E-state index in [0.717, 1.165) is 19.3 Å². The van der Waals surface area contributed by atoms with Crippen LogP contribution in [0.1, 0.15) is 40.0 Å². The first-order valence-corrected chi connectivity index (χ1v) is 10.9. The van der Waals surface area contributed by atoms with E-state index in [4.69, 9.17) is 0 Å². The second-order valence-corrected chi connectivity index (χ2v) is 8.29. The minimum absolute atomic E-state index is 0.0286. The van der Waals surface area contributed by atoms with Gasteiger partial charge in [-0.25, -0.2) is 14.4 Å². The molecule has 6 amide bonds. The Balaban J connectivity index is 0.000000249. The number of Topliss-reactive ketones (excluding diaryl/α,β-unsaturated/α-hetero) is 3. The number of hydrogen-bond donors (Lipinski definition) is 3. The Bertz CT molecular complexity index is 772. The zero-order valence-electron chi connectivity index (χ0n) is 20.3. The third kappa shape index (κ3) is 8.03. The maximum Gasteiger partial charge on any atom is 0.317 e. The molecule has 12 heteroatoms. The highest BCUT2D eigenvalue weighted by Gasteiger charge is 2.30. The van der Waals surface area contributed by atoms with Crippen LogP contribution in [0.5, 0.6) is 0 Å². The molecule has 33 heavy (non-hydrogen) atoms. The maximum absolute atomic E-state index is 11.2. The highest BCUT2D eigenvalue weighted by atomic mass is 16.2. The van der Waals surface area contributed by atoms with E-state index in [1.165, 1.54) is 35.5 Å². The van der Waals surface area contributed by atoms with Gasteiger partial charge in [0.2, 0.25) is 0 Å². The summed E-state index contributed by atoms with van der Waals surface area (Å²) in [5, 5.41) is 7.93. The first-order valence-electron chi connectivity index (χ1n) is 10.9. The average Bonchev–Trinajstić information content (AvgIpc) is 2.98. The second-order valence-electron chi connectivity index (χ2n) is 8.29. The molecule has 12 nitrogen and oxygen atoms in total. The number of ketones is 3. The van der Waals surface area contributed by atoms with Crippen molar-refractivity contribution in [3.05, 3.63) is 0 Å². The molecule has 3 fully saturated rings. The lowest BCUT2D eigenvalue weighted by atomic mass is 10.1. The van der Waals surface area contributed by atoms with Crippen molar-refractivity contribution in [2.45, 2.75) is 58.2 Å². The SMILES string of the molecule is CC(=O)C1CCCNC(=O)N1C.CC(=O)C1CCNC(=O)N1C.CC(=O)C1CNC(=O)N1C. The van der Waals surface area contributed by atoms with Gasteiger partial charge >= 0.3 is 18.1 Å². The van der Waals surface area contributed by atoms with E-state index in [-0.39, 0.29) is 53.6 Å². The third-order valence-electron chi connectivity index (χ3n) is 5.84. The Morgan fingerprint density at radius 1 is 0.636 bits per heavy atom. The summed E-state index contributed by atoms with van der Waals surface area (Å²) in [6, 6.07) is -1.17. The summed E-state index contributed by atoms with van der Waals surface area (Å²) in [4.78, 5) is 70.1. The van der Waals surface area contributed by atoms with Gasteiger partial charge in [-0.2, -0.15) is 0 Å². The minimum atomic E-state index is -0.257. The normalized spacial score (nSPS) is 24.7. The lowest BCUT2D eigenvalue weighted by Gasteiger charge is -2.30. The van der Waals surface area contributed by atoms with Gasteiger partial charge in [-0.1, -0.05) is 0 Å². The molecule has 0 saturated carbocycles. The van der Waals surface area contributed by atoms with Crippen LogP contribution in [0.25, 0.3) is 0 Å². The van der Waals surface area contributed by atoms with Crippen molar-refractivity contribution in [1.82, 2.24) is 30.7 Å². The number of urea groups is 3. The van der Waals surface area contributed by atoms with Crippen LogP contribution in [0.4, 0.5) is 14.4 Å². The summed E-state index contributed by atoms with van der Waals surface area (Å²) < 4.78 is 0. The van der Waals surface area contributed by atoms with Crippen LogP contribution in [0.2, 0.25) is 0 Å². The molecular weight excluding hydrogens is 432 g/mol. The van der Waals surface area contributed by atoms with Crippen LogP contribution in [-0.2, 0) is 14.4 Å². The van der Waals surface area contributed by atoms with Crippen molar-refractivity contribution >= 4 is 35.4 Å². The number of nitrogens with one attached hydrogen (secondary N) is 3. The van der Waals surface area contributed by atoms with Crippen LogP contribution >= 0.6 is 0 Å². The summed E-state index contributed by atoms with van der Waals surface area (Å²) >= 11 is 0. The molecule has 3 atom stereocenters. The molecule has 0 radical (unpaired) electrons. The first kappa shape index (κ1) is 27.9. The smallest absolute Gasteiger partial charge is 0.317 e. The van der Waals surface area contributed by atoms with Gasteiger partial charge < -0.3 is 30.7 Å². The van der Waals surface area contributed by atoms with E-state index in [2.05, 4.69) is 16.0 Å². The minimum Gasteiger partial charge on any atom is -0.338 e. The van der Waals surface area contributed by atoms with E-state index in [0.29, 0.717) is 19.6 Å². The van der Waals surface area contributed by atoms with E-state index in [9.17, 15) is 28.8 Å². The Kier molecular flexibility index (Phi) is 10.8. The monoisotopic (exact) mass is 468 g/mol. The van der Waals surface area contributed by atoms with Crippen molar-refractivity contribution in [3.8, 4) is 0 Å². The van der Waals surface area contributed by atoms with Crippen molar-refractivity contribution in [3.63, 3.8) is 0 Å². The number of rotatable bonds is 3. The van der Waals surface area contributed by atoms with Crippen molar-refractivity contribution in [2.24, 2.45) is 0 Å². The molecule has 3 aliphatic heterocycles. The second kappa shape index (κ2) is 12.8. The summed E-state index contributed by atoms with van der Waals surface area (Å²) in [6.45, 7) is 6.26. The lowest BCUT2D eigenvalue weighted by molar-refractivity contribution is -0.122. The largest absolute Gasteiger partial charge is 0.338 e. The Labute approximate surface area is 194 Å². The number of nitrogens with zero attached hydrogens (tertiary/aromatic N) is 3. The van der Waals surface area contributed by atoms with E-state index >= 15 is 0 Å². The standard InChI is InChI=1S/C8H14N2O2.C7H12N2O2.C6H10N2O2/c1-6(11)7-4-3-5-9-8(12)10(7)2;1-5(10)6-3-4-8-7(11)9(6)2;1-4(9)5-3-7-6(10)8(5)2/h7H,3-5H2,1-2H3,(H,9,12);6H,3-4H2,1-2H3,(H,8,11);5H,3H2,1-2H3,(H,7,10). The fourth-order valence-electron chi connectivity index (χ4n) is 3.68. The van der Waals surface area contributed by atoms with Crippen LogP contribution in [0, 0.1) is 0 Å². The number of hydrogen-bond acceptors (Lipinski definition) is 6. The summed E-state index contributed by atoms with van der Waals surface area (Å²) in [6.07, 6.45) is 2.36. The number of carbonyl (C=O) groups excluding carboxylic acids is 6. The van der Waals surface area contributed by atoms with Gasteiger partial charge in [-0.05, 0) is 40.0 Å². The Morgan fingerprint density at radius 2 is 1.03 bits per heavy atom. The molecule has 0 aromatic carbocycles. The molecule has 3 N–H and O–H groups in total. The van der Waals surface area contributed by atoms with Crippen molar-refractivity contribution in [2.75, 3.05) is 40.8 Å². The van der Waals surface area contributed by atoms with Crippen LogP contribution in [0.15, 0.2) is 0 Å². The van der Waals surface area contributed by atoms with Gasteiger partial charge in [0.15, 0.2) is 17.3 Å². The fraction of sp³-hybridized carbons (Fsp3) is 0.714. The highest BCUT2D eigenvalue weighted by molar-refractivity contribution is 5.90. The molecule has 0 spiro atoms. The van der Waals surface area contributed by atoms with Crippen LogP contribution < -0.4 is 16.0 Å². The van der Waals surface area contributed by atoms with Gasteiger partial charge in [0, 0.05) is 40.8 Å². The predicted octanol–water partition coefficient (Wildman–Crippen LogP) is -0.0327. The quantitative estimate of drug-likeness (QED) is 0.530. The molecule has 3 unspecified atom stereocenters. The first-order chi connectivity index (χ1) is 15.4. The van der Waals surface area contributed by atoms with Crippen LogP contribution in [-0.4, -0.2) is 109 Å². The van der Waals surface area contributed by atoms with E-state index < -0.39 is 0 Å². The van der Waals surface area contributed by atoms with Crippen molar-refractivity contribution < 1.29 is 28.8 Å². The molecule has 0 aliphatic carbocycles. The highest BCUT2D eigenvalue weighted by Crippen LogP contribution is 2.10. The number of likely N-dealkylation sites (N-methyl/N-ethyl adjacent to an activating group) is 3. The summed E-state index contributed by atoms with van der Waals surface area (Å²) in [5.41, 5.74) is 0. The lowest BCUT2D eigenvalue weighted by Crippen LogP contribution is -2.52. The molecular formula is C21H36N6O6. The van der Waals surface area contributed by atoms with Gasteiger partial charge in [0.1, 0.15) is 6.04 Å². The van der Waals surface area contributed by atoms with Gasteiger partial charge in [0.25, 0.3) is 0 Å². The summed E-state index contributed by atoms with van der Waals surface area (Å²) in [5.74, 6) is 0.151. The zero-order chi connectivity index (χ0) is 25.3. The average molecular weight is 469 g/mol. The van der Waals surface area contributed by atoms with E-state index in [1.807, 2.05) is 0 Å². The summed E-state index contributed by atoms with van der Waals surface area (Å²) in [7, 11) is 4.92. The predicted molar refractivity (Wildman–Crippen MR) is 121 cm³/mol. The van der Waals surface area contributed by atoms with Gasteiger partial charge in [0.05, 0.1) is 12.1 Å². The maximum atomic E-state index is 11.2. The molecule has 3 rings (SSSR count). The van der Waals surface area contributed by atoms with Crippen molar-refractivity contribution in [1.29, 1.82) is 0 Å². The molecule has 3 aliphatic rings. The third-order valence-corrected chi connectivity index (χ3v) is 5.84. The number of carbonyl (C=O) groups is 6. The van der Waals surface area contributed by atoms with E-state index in [1.54, 1.807) is 21.1 Å². The fourth-order valence-corrected chi connectivity index (χ4v) is 3.68. The zero-order valence-corrected chi connectivity index (χ0v) is 20.3. The Hall–Kier alpha value is -3.18. The molecule has 3 saturated heterocycles. The number of amides is 6. The molecule has 0 aromatic heterocycles. The van der Waals surface area contributed by atoms with Crippen LogP contribution in [0.3, 0.4) is 0 Å². The van der Waals surface area contributed by atoms with Gasteiger partial charge in [-0.15, -0.1) is 0 Å². The topological polar surface area (TPSA) is 148 Å². The molecule has 0 bridgehead atoms. The molecule has 186 valence electrons. The molecule has 0 aromatic rings.